The number of amides is 1. The van der Waals surface area contributed by atoms with E-state index in [0.717, 1.165) is 12.8 Å². The number of aromatic nitrogens is 5. The quantitative estimate of drug-likeness (QED) is 0.445. The van der Waals surface area contributed by atoms with Crippen molar-refractivity contribution in [1.82, 2.24) is 30.0 Å². The summed E-state index contributed by atoms with van der Waals surface area (Å²) in [6, 6.07) is 7.21. The van der Waals surface area contributed by atoms with Crippen LogP contribution in [-0.4, -0.2) is 42.4 Å². The van der Waals surface area contributed by atoms with E-state index in [2.05, 4.69) is 39.3 Å². The Morgan fingerprint density at radius 2 is 2.04 bits per heavy atom. The van der Waals surface area contributed by atoms with Gasteiger partial charge in [0, 0.05) is 6.04 Å². The van der Waals surface area contributed by atoms with Crippen molar-refractivity contribution >= 4 is 28.6 Å². The van der Waals surface area contributed by atoms with Crippen LogP contribution in [0.5, 0.6) is 0 Å². The third kappa shape index (κ3) is 4.78. The summed E-state index contributed by atoms with van der Waals surface area (Å²) in [4.78, 5) is 33.9. The number of nitrogens with zero attached hydrogens (tertiary/aromatic N) is 4. The first-order chi connectivity index (χ1) is 13.5. The summed E-state index contributed by atoms with van der Waals surface area (Å²) in [5.41, 5.74) is 0.326. The molecular weight excluding hydrogens is 376 g/mol. The maximum atomic E-state index is 12.9. The summed E-state index contributed by atoms with van der Waals surface area (Å²) in [6.07, 6.45) is 3.32. The fourth-order valence-corrected chi connectivity index (χ4v) is 3.61. The molecule has 8 nitrogen and oxygen atoms in total. The molecule has 1 amide bonds. The first-order valence-corrected chi connectivity index (χ1v) is 10.2. The Kier molecular flexibility index (Phi) is 6.45. The van der Waals surface area contributed by atoms with Crippen LogP contribution in [0.15, 0.2) is 40.5 Å². The number of para-hydroxylation sites is 1. The third-order valence-electron chi connectivity index (χ3n) is 4.28. The Morgan fingerprint density at radius 1 is 1.25 bits per heavy atom. The van der Waals surface area contributed by atoms with Gasteiger partial charge >= 0.3 is 0 Å². The number of hydrogen-bond acceptors (Lipinski definition) is 6. The van der Waals surface area contributed by atoms with Crippen molar-refractivity contribution in [2.75, 3.05) is 5.75 Å². The van der Waals surface area contributed by atoms with Gasteiger partial charge in [-0.05, 0) is 37.8 Å². The normalized spacial score (nSPS) is 12.4. The zero-order chi connectivity index (χ0) is 20.1. The van der Waals surface area contributed by atoms with Crippen molar-refractivity contribution in [2.45, 2.75) is 44.8 Å². The number of nitrogens with one attached hydrogen (secondary N) is 2. The highest BCUT2D eigenvalue weighted by molar-refractivity contribution is 7.99. The van der Waals surface area contributed by atoms with Crippen LogP contribution in [0.3, 0.4) is 0 Å². The number of H-pyrrole nitrogens is 1. The van der Waals surface area contributed by atoms with E-state index in [1.165, 1.54) is 22.7 Å². The number of thioether (sulfide) groups is 1. The van der Waals surface area contributed by atoms with Gasteiger partial charge in [-0.25, -0.2) is 14.6 Å². The van der Waals surface area contributed by atoms with Gasteiger partial charge in [0.2, 0.25) is 11.9 Å². The number of hydrogen-bond donors (Lipinski definition) is 2. The molecule has 0 radical (unpaired) electrons. The van der Waals surface area contributed by atoms with Gasteiger partial charge in [-0.1, -0.05) is 37.7 Å². The third-order valence-corrected chi connectivity index (χ3v) is 5.21. The Balaban J connectivity index is 1.80. The molecule has 0 spiro atoms. The second-order valence-electron chi connectivity index (χ2n) is 7.09. The van der Waals surface area contributed by atoms with Crippen molar-refractivity contribution in [3.63, 3.8) is 0 Å². The molecule has 3 aromatic rings. The number of aromatic amines is 1. The zero-order valence-electron chi connectivity index (χ0n) is 16.2. The predicted molar refractivity (Wildman–Crippen MR) is 110 cm³/mol. The van der Waals surface area contributed by atoms with E-state index in [4.69, 9.17) is 0 Å². The van der Waals surface area contributed by atoms with E-state index in [1.54, 1.807) is 18.2 Å². The van der Waals surface area contributed by atoms with E-state index >= 15 is 0 Å². The molecule has 0 aliphatic carbocycles. The Hall–Kier alpha value is -2.68. The second kappa shape index (κ2) is 9.01. The molecule has 9 heteroatoms. The van der Waals surface area contributed by atoms with Gasteiger partial charge in [-0.15, -0.1) is 0 Å². The molecular formula is C19H24N6O2S. The minimum atomic E-state index is -0.254. The fourth-order valence-electron chi connectivity index (χ4n) is 2.80. The molecule has 0 saturated carbocycles. The lowest BCUT2D eigenvalue weighted by molar-refractivity contribution is -0.119. The molecule has 1 atom stereocenters. The average Bonchev–Trinajstić information content (AvgIpc) is 3.19. The summed E-state index contributed by atoms with van der Waals surface area (Å²) in [7, 11) is 0. The lowest BCUT2D eigenvalue weighted by Gasteiger charge is -2.15. The number of benzene rings is 1. The highest BCUT2D eigenvalue weighted by Gasteiger charge is 2.17. The molecule has 0 aliphatic heterocycles. The van der Waals surface area contributed by atoms with Gasteiger partial charge in [0.05, 0.1) is 16.7 Å². The van der Waals surface area contributed by atoms with E-state index in [0.29, 0.717) is 22.0 Å². The maximum Gasteiger partial charge on any atom is 0.269 e. The highest BCUT2D eigenvalue weighted by atomic mass is 32.2. The molecule has 0 fully saturated rings. The molecule has 1 aromatic carbocycles. The van der Waals surface area contributed by atoms with Gasteiger partial charge in [0.25, 0.3) is 5.56 Å². The fraction of sp³-hybridized carbons (Fsp3) is 0.421. The standard InChI is InChI=1S/C19H24N6O2S/c1-12(2)8-9-13(3)22-16(26)10-28-19-23-15-7-5-4-6-14(15)17(27)25(19)18-20-11-21-24-18/h4-7,11-13H,8-10H2,1-3H3,(H,22,26)(H,20,21,24)/t13-/m0/s1. The van der Waals surface area contributed by atoms with Gasteiger partial charge in [0.15, 0.2) is 5.16 Å². The SMILES string of the molecule is CC(C)CC[C@H](C)NC(=O)CSc1nc2ccccc2c(=O)n1-c1ncn[nH]1. The van der Waals surface area contributed by atoms with Crippen LogP contribution < -0.4 is 10.9 Å². The van der Waals surface area contributed by atoms with Crippen LogP contribution in [0, 0.1) is 5.92 Å². The largest absolute Gasteiger partial charge is 0.353 e. The van der Waals surface area contributed by atoms with E-state index in [-0.39, 0.29) is 29.2 Å². The van der Waals surface area contributed by atoms with Crippen LogP contribution in [0.4, 0.5) is 0 Å². The second-order valence-corrected chi connectivity index (χ2v) is 8.03. The van der Waals surface area contributed by atoms with Crippen molar-refractivity contribution in [3.8, 4) is 5.95 Å². The molecule has 148 valence electrons. The molecule has 2 N–H and O–H groups in total. The smallest absolute Gasteiger partial charge is 0.269 e. The summed E-state index contributed by atoms with van der Waals surface area (Å²) < 4.78 is 1.36. The van der Waals surface area contributed by atoms with Gasteiger partial charge in [-0.3, -0.25) is 9.59 Å². The van der Waals surface area contributed by atoms with Crippen molar-refractivity contribution in [1.29, 1.82) is 0 Å². The van der Waals surface area contributed by atoms with Crippen molar-refractivity contribution < 1.29 is 4.79 Å². The number of rotatable bonds is 8. The van der Waals surface area contributed by atoms with Gasteiger partial charge in [0.1, 0.15) is 6.33 Å². The molecule has 0 bridgehead atoms. The summed E-state index contributed by atoms with van der Waals surface area (Å²) in [5.74, 6) is 0.946. The summed E-state index contributed by atoms with van der Waals surface area (Å²) in [6.45, 7) is 6.33. The first kappa shape index (κ1) is 20.1. The lowest BCUT2D eigenvalue weighted by atomic mass is 10.0. The van der Waals surface area contributed by atoms with Crippen molar-refractivity contribution in [3.05, 3.63) is 40.9 Å². The minimum Gasteiger partial charge on any atom is -0.353 e. The number of fused-ring (bicyclic) bond motifs is 1. The predicted octanol–water partition coefficient (Wildman–Crippen LogP) is 2.54. The molecule has 28 heavy (non-hydrogen) atoms. The molecule has 0 unspecified atom stereocenters. The van der Waals surface area contributed by atoms with Gasteiger partial charge < -0.3 is 5.32 Å². The Morgan fingerprint density at radius 3 is 2.75 bits per heavy atom. The van der Waals surface area contributed by atoms with Crippen LogP contribution in [0.25, 0.3) is 16.9 Å². The summed E-state index contributed by atoms with van der Waals surface area (Å²) in [5, 5.41) is 10.4. The molecule has 0 saturated heterocycles. The highest BCUT2D eigenvalue weighted by Crippen LogP contribution is 2.19. The molecule has 2 heterocycles. The van der Waals surface area contributed by atoms with Crippen LogP contribution in [0.2, 0.25) is 0 Å². The number of carbonyl (C=O) groups excluding carboxylic acids is 1. The average molecular weight is 401 g/mol. The zero-order valence-corrected chi connectivity index (χ0v) is 17.0. The number of carbonyl (C=O) groups is 1. The van der Waals surface area contributed by atoms with E-state index in [9.17, 15) is 9.59 Å². The Labute approximate surface area is 167 Å². The van der Waals surface area contributed by atoms with Crippen molar-refractivity contribution in [2.24, 2.45) is 5.92 Å². The summed E-state index contributed by atoms with van der Waals surface area (Å²) >= 11 is 1.20. The van der Waals surface area contributed by atoms with Crippen LogP contribution >= 0.6 is 11.8 Å². The molecule has 3 rings (SSSR count). The van der Waals surface area contributed by atoms with Crippen LogP contribution in [0.1, 0.15) is 33.6 Å². The monoisotopic (exact) mass is 400 g/mol. The van der Waals surface area contributed by atoms with Crippen LogP contribution in [-0.2, 0) is 4.79 Å². The van der Waals surface area contributed by atoms with Gasteiger partial charge in [-0.2, -0.15) is 10.1 Å². The molecule has 2 aromatic heterocycles. The first-order valence-electron chi connectivity index (χ1n) is 9.25. The topological polar surface area (TPSA) is 106 Å². The van der Waals surface area contributed by atoms with E-state index < -0.39 is 0 Å². The Bertz CT molecular complexity index is 999. The lowest BCUT2D eigenvalue weighted by Crippen LogP contribution is -2.34. The van der Waals surface area contributed by atoms with E-state index in [1.807, 2.05) is 13.0 Å². The minimum absolute atomic E-state index is 0.0900. The maximum absolute atomic E-state index is 12.9. The molecule has 0 aliphatic rings.